The third kappa shape index (κ3) is 3.23. The quantitative estimate of drug-likeness (QED) is 0.911. The van der Waals surface area contributed by atoms with Gasteiger partial charge in [-0.15, -0.1) is 0 Å². The third-order valence-corrected chi connectivity index (χ3v) is 5.22. The summed E-state index contributed by atoms with van der Waals surface area (Å²) in [6.45, 7) is 0.524. The highest BCUT2D eigenvalue weighted by Crippen LogP contribution is 2.30. The van der Waals surface area contributed by atoms with Gasteiger partial charge in [0, 0.05) is 24.7 Å². The SMILES string of the molecule is O=C(Nc1ccc(Cl)c(Cl)c1)[C@@H]1CC(=O)N(C2CCCC2)C1. The van der Waals surface area contributed by atoms with Crippen LogP contribution in [0.15, 0.2) is 18.2 Å². The van der Waals surface area contributed by atoms with E-state index in [2.05, 4.69) is 5.32 Å². The highest BCUT2D eigenvalue weighted by molar-refractivity contribution is 6.42. The van der Waals surface area contributed by atoms with Gasteiger partial charge in [0.1, 0.15) is 0 Å². The van der Waals surface area contributed by atoms with Crippen molar-refractivity contribution in [2.45, 2.75) is 38.1 Å². The summed E-state index contributed by atoms with van der Waals surface area (Å²) >= 11 is 11.8. The molecule has 2 amide bonds. The number of carbonyl (C=O) groups is 2. The number of hydrogen-bond donors (Lipinski definition) is 1. The molecule has 0 radical (unpaired) electrons. The molecule has 1 saturated heterocycles. The van der Waals surface area contributed by atoms with Crippen molar-refractivity contribution >= 4 is 40.7 Å². The second kappa shape index (κ2) is 6.47. The second-order valence-corrected chi connectivity index (χ2v) is 6.82. The summed E-state index contributed by atoms with van der Waals surface area (Å²) in [6, 6.07) is 5.30. The number of nitrogens with zero attached hydrogens (tertiary/aromatic N) is 1. The van der Waals surface area contributed by atoms with Crippen LogP contribution in [0, 0.1) is 5.92 Å². The van der Waals surface area contributed by atoms with Gasteiger partial charge < -0.3 is 10.2 Å². The van der Waals surface area contributed by atoms with Crippen molar-refractivity contribution in [2.24, 2.45) is 5.92 Å². The van der Waals surface area contributed by atoms with Gasteiger partial charge in [0.25, 0.3) is 0 Å². The Bertz CT molecular complexity index is 600. The van der Waals surface area contributed by atoms with E-state index in [1.807, 2.05) is 4.90 Å². The number of amides is 2. The number of halogens is 2. The molecular formula is C16H18Cl2N2O2. The molecule has 2 aliphatic rings. The lowest BCUT2D eigenvalue weighted by Gasteiger charge is -2.23. The highest BCUT2D eigenvalue weighted by atomic mass is 35.5. The van der Waals surface area contributed by atoms with Gasteiger partial charge in [-0.3, -0.25) is 9.59 Å². The van der Waals surface area contributed by atoms with Crippen molar-refractivity contribution < 1.29 is 9.59 Å². The van der Waals surface area contributed by atoms with E-state index in [9.17, 15) is 9.59 Å². The molecule has 1 aliphatic carbocycles. The Labute approximate surface area is 139 Å². The zero-order valence-electron chi connectivity index (χ0n) is 12.1. The van der Waals surface area contributed by atoms with Crippen LogP contribution in [0.1, 0.15) is 32.1 Å². The number of hydrogen-bond acceptors (Lipinski definition) is 2. The fourth-order valence-electron chi connectivity index (χ4n) is 3.29. The van der Waals surface area contributed by atoms with E-state index < -0.39 is 0 Å². The summed E-state index contributed by atoms with van der Waals surface area (Å²) < 4.78 is 0. The molecule has 0 aromatic heterocycles. The summed E-state index contributed by atoms with van der Waals surface area (Å²) in [5.41, 5.74) is 0.603. The van der Waals surface area contributed by atoms with Crippen molar-refractivity contribution in [2.75, 3.05) is 11.9 Å². The molecule has 1 aromatic rings. The fourth-order valence-corrected chi connectivity index (χ4v) is 3.59. The second-order valence-electron chi connectivity index (χ2n) is 6.00. The molecule has 1 heterocycles. The fraction of sp³-hybridized carbons (Fsp3) is 0.500. The lowest BCUT2D eigenvalue weighted by molar-refractivity contribution is -0.129. The number of anilines is 1. The van der Waals surface area contributed by atoms with E-state index in [1.165, 1.54) is 12.8 Å². The topological polar surface area (TPSA) is 49.4 Å². The Hall–Kier alpha value is -1.26. The molecule has 1 saturated carbocycles. The van der Waals surface area contributed by atoms with Crippen LogP contribution in [0.4, 0.5) is 5.69 Å². The molecule has 0 bridgehead atoms. The molecule has 0 spiro atoms. The van der Waals surface area contributed by atoms with E-state index in [1.54, 1.807) is 18.2 Å². The molecule has 1 atom stereocenters. The minimum Gasteiger partial charge on any atom is -0.339 e. The van der Waals surface area contributed by atoms with Crippen molar-refractivity contribution in [1.82, 2.24) is 4.90 Å². The van der Waals surface area contributed by atoms with Crippen molar-refractivity contribution in [3.63, 3.8) is 0 Å². The largest absolute Gasteiger partial charge is 0.339 e. The maximum atomic E-state index is 12.4. The smallest absolute Gasteiger partial charge is 0.229 e. The van der Waals surface area contributed by atoms with Gasteiger partial charge >= 0.3 is 0 Å². The minimum absolute atomic E-state index is 0.0983. The van der Waals surface area contributed by atoms with Gasteiger partial charge in [0.2, 0.25) is 11.8 Å². The van der Waals surface area contributed by atoms with E-state index in [0.717, 1.165) is 12.8 Å². The maximum Gasteiger partial charge on any atom is 0.229 e. The first-order chi connectivity index (χ1) is 10.5. The predicted molar refractivity (Wildman–Crippen MR) is 87.2 cm³/mol. The number of likely N-dealkylation sites (tertiary alicyclic amines) is 1. The first-order valence-corrected chi connectivity index (χ1v) is 8.35. The molecule has 1 N–H and O–H groups in total. The van der Waals surface area contributed by atoms with Crippen LogP contribution in [0.5, 0.6) is 0 Å². The van der Waals surface area contributed by atoms with Gasteiger partial charge in [-0.05, 0) is 31.0 Å². The molecule has 118 valence electrons. The Morgan fingerprint density at radius 2 is 1.91 bits per heavy atom. The van der Waals surface area contributed by atoms with Crippen LogP contribution in [0.25, 0.3) is 0 Å². The molecule has 4 nitrogen and oxygen atoms in total. The van der Waals surface area contributed by atoms with Gasteiger partial charge in [-0.1, -0.05) is 36.0 Å². The van der Waals surface area contributed by atoms with Crippen LogP contribution in [-0.2, 0) is 9.59 Å². The molecular weight excluding hydrogens is 323 g/mol. The summed E-state index contributed by atoms with van der Waals surface area (Å²) in [6.07, 6.45) is 4.77. The summed E-state index contributed by atoms with van der Waals surface area (Å²) in [4.78, 5) is 26.4. The number of rotatable bonds is 3. The molecule has 22 heavy (non-hydrogen) atoms. The third-order valence-electron chi connectivity index (χ3n) is 4.48. The summed E-state index contributed by atoms with van der Waals surface area (Å²) in [5.74, 6) is -0.323. The van der Waals surface area contributed by atoms with Crippen LogP contribution < -0.4 is 5.32 Å². The number of benzene rings is 1. The zero-order valence-corrected chi connectivity index (χ0v) is 13.7. The first kappa shape index (κ1) is 15.6. The zero-order chi connectivity index (χ0) is 15.7. The first-order valence-electron chi connectivity index (χ1n) is 7.60. The molecule has 1 aromatic carbocycles. The summed E-state index contributed by atoms with van der Waals surface area (Å²) in [5, 5.41) is 3.67. The van der Waals surface area contributed by atoms with E-state index in [0.29, 0.717) is 34.7 Å². The van der Waals surface area contributed by atoms with Gasteiger partial charge in [-0.2, -0.15) is 0 Å². The lowest BCUT2D eigenvalue weighted by Crippen LogP contribution is -2.35. The van der Waals surface area contributed by atoms with Gasteiger partial charge in [0.05, 0.1) is 16.0 Å². The summed E-state index contributed by atoms with van der Waals surface area (Å²) in [7, 11) is 0. The standard InChI is InChI=1S/C16H18Cl2N2O2/c17-13-6-5-11(8-14(13)18)19-16(22)10-7-15(21)20(9-10)12-3-1-2-4-12/h5-6,8,10,12H,1-4,7,9H2,(H,19,22)/t10-/m1/s1. The average molecular weight is 341 g/mol. The van der Waals surface area contributed by atoms with Crippen LogP contribution in [0.2, 0.25) is 10.0 Å². The molecule has 2 fully saturated rings. The Morgan fingerprint density at radius 3 is 2.59 bits per heavy atom. The molecule has 3 rings (SSSR count). The minimum atomic E-state index is -0.289. The average Bonchev–Trinajstić information content (AvgIpc) is 3.12. The van der Waals surface area contributed by atoms with E-state index in [-0.39, 0.29) is 17.7 Å². The monoisotopic (exact) mass is 340 g/mol. The Balaban J connectivity index is 1.63. The van der Waals surface area contributed by atoms with Crippen molar-refractivity contribution in [3.8, 4) is 0 Å². The lowest BCUT2D eigenvalue weighted by atomic mass is 10.1. The highest BCUT2D eigenvalue weighted by Gasteiger charge is 2.38. The van der Waals surface area contributed by atoms with Crippen LogP contribution in [0.3, 0.4) is 0 Å². The van der Waals surface area contributed by atoms with E-state index >= 15 is 0 Å². The number of nitrogens with one attached hydrogen (secondary N) is 1. The van der Waals surface area contributed by atoms with Gasteiger partial charge in [0.15, 0.2) is 0 Å². The van der Waals surface area contributed by atoms with Crippen molar-refractivity contribution in [3.05, 3.63) is 28.2 Å². The molecule has 1 aliphatic heterocycles. The normalized spacial score (nSPS) is 22.4. The number of carbonyl (C=O) groups excluding carboxylic acids is 2. The maximum absolute atomic E-state index is 12.4. The van der Waals surface area contributed by atoms with Crippen molar-refractivity contribution in [1.29, 1.82) is 0 Å². The van der Waals surface area contributed by atoms with Crippen LogP contribution in [-0.4, -0.2) is 29.3 Å². The predicted octanol–water partition coefficient (Wildman–Crippen LogP) is 3.72. The Kier molecular flexibility index (Phi) is 4.59. The van der Waals surface area contributed by atoms with Crippen LogP contribution >= 0.6 is 23.2 Å². The molecule has 6 heteroatoms. The van der Waals surface area contributed by atoms with E-state index in [4.69, 9.17) is 23.2 Å². The Morgan fingerprint density at radius 1 is 1.18 bits per heavy atom. The molecule has 0 unspecified atom stereocenters. The van der Waals surface area contributed by atoms with Gasteiger partial charge in [-0.25, -0.2) is 0 Å².